The molecular weight excluding hydrogens is 731 g/mol. The second-order valence-electron chi connectivity index (χ2n) is 17.6. The van der Waals surface area contributed by atoms with Crippen molar-refractivity contribution in [2.45, 2.75) is 283 Å². The molecule has 0 spiro atoms. The van der Waals surface area contributed by atoms with Crippen molar-refractivity contribution in [2.24, 2.45) is 0 Å². The maximum atomic E-state index is 13.2. The molecule has 0 radical (unpaired) electrons. The summed E-state index contributed by atoms with van der Waals surface area (Å²) in [7, 11) is 0. The summed E-state index contributed by atoms with van der Waals surface area (Å²) in [4.78, 5) is 26.0. The number of allylic oxidation sites excluding steroid dienone is 6. The Morgan fingerprint density at radius 3 is 1.34 bits per heavy atom. The third kappa shape index (κ3) is 42.6. The normalized spacial score (nSPS) is 13.5. The molecule has 6 heteroatoms. The summed E-state index contributed by atoms with van der Waals surface area (Å²) in [5.41, 5.74) is 0. The molecule has 0 aromatic carbocycles. The van der Waals surface area contributed by atoms with Gasteiger partial charge in [-0.25, -0.2) is 0 Å². The lowest BCUT2D eigenvalue weighted by Gasteiger charge is -2.24. The van der Waals surface area contributed by atoms with Crippen molar-refractivity contribution in [3.8, 4) is 0 Å². The third-order valence-electron chi connectivity index (χ3n) is 11.7. The molecule has 0 aliphatic heterocycles. The molecule has 346 valence electrons. The second-order valence-corrected chi connectivity index (χ2v) is 17.6. The van der Waals surface area contributed by atoms with Crippen molar-refractivity contribution >= 4 is 11.9 Å². The topological polar surface area (TPSA) is 95.9 Å². The number of aliphatic hydroxyl groups excluding tert-OH is 2. The number of ether oxygens (including phenoxy) is 1. The lowest BCUT2D eigenvalue weighted by molar-refractivity contribution is -0.150. The molecule has 6 nitrogen and oxygen atoms in total. The van der Waals surface area contributed by atoms with E-state index in [1.54, 1.807) is 0 Å². The molecule has 0 bridgehead atoms. The minimum atomic E-state index is -0.800. The molecule has 0 aliphatic carbocycles. The minimum Gasteiger partial charge on any atom is -0.462 e. The first-order valence-corrected chi connectivity index (χ1v) is 25.7. The first-order valence-electron chi connectivity index (χ1n) is 25.7. The van der Waals surface area contributed by atoms with Gasteiger partial charge in [0.2, 0.25) is 5.91 Å². The monoisotopic (exact) mass is 830 g/mol. The molecule has 0 aromatic rings. The number of rotatable bonds is 46. The average molecular weight is 830 g/mol. The van der Waals surface area contributed by atoms with Crippen LogP contribution in [-0.2, 0) is 14.3 Å². The van der Waals surface area contributed by atoms with Crippen molar-refractivity contribution < 1.29 is 24.5 Å². The Kier molecular flexibility index (Phi) is 45.6. The van der Waals surface area contributed by atoms with Gasteiger partial charge in [-0.15, -0.1) is 0 Å². The lowest BCUT2D eigenvalue weighted by atomic mass is 10.0. The molecular formula is C53H99NO5. The van der Waals surface area contributed by atoms with Crippen LogP contribution in [0.3, 0.4) is 0 Å². The maximum absolute atomic E-state index is 13.2. The fourth-order valence-electron chi connectivity index (χ4n) is 7.78. The smallest absolute Gasteiger partial charge is 0.306 e. The second kappa shape index (κ2) is 47.1. The van der Waals surface area contributed by atoms with Crippen molar-refractivity contribution in [3.63, 3.8) is 0 Å². The summed E-state index contributed by atoms with van der Waals surface area (Å²) < 4.78 is 5.86. The number of carbonyl (C=O) groups is 2. The van der Waals surface area contributed by atoms with Gasteiger partial charge in [0.15, 0.2) is 0 Å². The predicted molar refractivity (Wildman–Crippen MR) is 255 cm³/mol. The van der Waals surface area contributed by atoms with Crippen LogP contribution in [0.4, 0.5) is 0 Å². The van der Waals surface area contributed by atoms with Crippen LogP contribution in [0.5, 0.6) is 0 Å². The summed E-state index contributed by atoms with van der Waals surface area (Å²) >= 11 is 0. The van der Waals surface area contributed by atoms with Crippen molar-refractivity contribution in [2.75, 3.05) is 6.61 Å². The van der Waals surface area contributed by atoms with Crippen LogP contribution in [0.1, 0.15) is 265 Å². The number of hydrogen-bond donors (Lipinski definition) is 3. The maximum Gasteiger partial charge on any atom is 0.306 e. The summed E-state index contributed by atoms with van der Waals surface area (Å²) in [6.07, 6.45) is 55.1. The van der Waals surface area contributed by atoms with E-state index in [2.05, 4.69) is 56.5 Å². The zero-order valence-electron chi connectivity index (χ0n) is 39.4. The molecule has 0 saturated carbocycles. The first kappa shape index (κ1) is 57.1. The fourth-order valence-corrected chi connectivity index (χ4v) is 7.78. The van der Waals surface area contributed by atoms with E-state index in [1.165, 1.54) is 161 Å². The van der Waals surface area contributed by atoms with E-state index in [-0.39, 0.29) is 31.3 Å². The van der Waals surface area contributed by atoms with Gasteiger partial charge in [0.25, 0.3) is 0 Å². The van der Waals surface area contributed by atoms with Gasteiger partial charge >= 0.3 is 5.97 Å². The molecule has 3 atom stereocenters. The lowest BCUT2D eigenvalue weighted by Crippen LogP contribution is -2.46. The highest BCUT2D eigenvalue weighted by molar-refractivity contribution is 5.77. The molecule has 0 fully saturated rings. The van der Waals surface area contributed by atoms with Gasteiger partial charge in [-0.3, -0.25) is 9.59 Å². The highest BCUT2D eigenvalue weighted by Crippen LogP contribution is 2.17. The number of esters is 1. The van der Waals surface area contributed by atoms with Gasteiger partial charge in [0, 0.05) is 6.42 Å². The van der Waals surface area contributed by atoms with Crippen molar-refractivity contribution in [3.05, 3.63) is 36.5 Å². The number of nitrogens with one attached hydrogen (secondary N) is 1. The van der Waals surface area contributed by atoms with Gasteiger partial charge in [0.1, 0.15) is 6.10 Å². The van der Waals surface area contributed by atoms with Crippen LogP contribution >= 0.6 is 0 Å². The molecule has 0 heterocycles. The van der Waals surface area contributed by atoms with E-state index in [1.807, 2.05) is 6.08 Å². The summed E-state index contributed by atoms with van der Waals surface area (Å²) in [5, 5.41) is 23.7. The van der Waals surface area contributed by atoms with Crippen LogP contribution in [0.25, 0.3) is 0 Å². The molecule has 0 aromatic heterocycles. The predicted octanol–water partition coefficient (Wildman–Crippen LogP) is 15.3. The minimum absolute atomic E-state index is 0.0364. The van der Waals surface area contributed by atoms with Gasteiger partial charge in [-0.05, 0) is 64.2 Å². The molecule has 0 saturated heterocycles. The van der Waals surface area contributed by atoms with E-state index in [0.717, 1.165) is 51.4 Å². The Bertz CT molecular complexity index is 977. The van der Waals surface area contributed by atoms with Crippen LogP contribution in [0, 0.1) is 0 Å². The largest absolute Gasteiger partial charge is 0.462 e. The SMILES string of the molecule is CCCCCCCC/C=C\C/C=C/CCC(=O)OC(CCC/C=C\CCCCCCCC)CC(=O)NC(CO)C(O)CCCCCCCCCCCCCCCCCC. The standard InChI is InChI=1S/C53H99NO5/c1-4-7-10-13-16-19-22-24-25-26-28-30-33-36-39-42-45-51(56)50(48-55)54-52(57)47-49(44-41-38-35-32-29-21-18-15-12-9-6-3)59-53(58)46-43-40-37-34-31-27-23-20-17-14-11-8-5-2/h27,31-32,35,37,40,49-51,55-56H,4-26,28-30,33-34,36,38-39,41-48H2,1-3H3,(H,54,57)/b31-27-,35-32-,40-37+. The third-order valence-corrected chi connectivity index (χ3v) is 11.7. The summed E-state index contributed by atoms with van der Waals surface area (Å²) in [5.74, 6) is -0.578. The quantitative estimate of drug-likeness (QED) is 0.0323. The zero-order valence-corrected chi connectivity index (χ0v) is 39.4. The van der Waals surface area contributed by atoms with E-state index in [0.29, 0.717) is 19.3 Å². The summed E-state index contributed by atoms with van der Waals surface area (Å²) in [6, 6.07) is -0.718. The van der Waals surface area contributed by atoms with Crippen molar-refractivity contribution in [1.29, 1.82) is 0 Å². The fraction of sp³-hybridized carbons (Fsp3) is 0.849. The Balaban J connectivity index is 4.57. The molecule has 59 heavy (non-hydrogen) atoms. The number of unbranched alkanes of at least 4 members (excludes halogenated alkanes) is 28. The van der Waals surface area contributed by atoms with Crippen LogP contribution in [0.2, 0.25) is 0 Å². The van der Waals surface area contributed by atoms with Gasteiger partial charge < -0.3 is 20.3 Å². The van der Waals surface area contributed by atoms with Crippen molar-refractivity contribution in [1.82, 2.24) is 5.32 Å². The first-order chi connectivity index (χ1) is 29.0. The summed E-state index contributed by atoms with van der Waals surface area (Å²) in [6.45, 7) is 6.45. The van der Waals surface area contributed by atoms with E-state index in [4.69, 9.17) is 4.74 Å². The van der Waals surface area contributed by atoms with Gasteiger partial charge in [-0.2, -0.15) is 0 Å². The molecule has 0 aliphatic rings. The molecule has 3 unspecified atom stereocenters. The van der Waals surface area contributed by atoms with E-state index >= 15 is 0 Å². The van der Waals surface area contributed by atoms with Crippen LogP contribution in [-0.4, -0.2) is 46.9 Å². The van der Waals surface area contributed by atoms with E-state index in [9.17, 15) is 19.8 Å². The Labute approximate surface area is 366 Å². The highest BCUT2D eigenvalue weighted by Gasteiger charge is 2.24. The van der Waals surface area contributed by atoms with Crippen LogP contribution in [0.15, 0.2) is 36.5 Å². The molecule has 3 N–H and O–H groups in total. The number of carbonyl (C=O) groups excluding carboxylic acids is 2. The number of aliphatic hydroxyl groups is 2. The number of hydrogen-bond acceptors (Lipinski definition) is 5. The Morgan fingerprint density at radius 2 is 0.881 bits per heavy atom. The molecule has 0 rings (SSSR count). The van der Waals surface area contributed by atoms with Crippen LogP contribution < -0.4 is 5.32 Å². The average Bonchev–Trinajstić information content (AvgIpc) is 3.23. The highest BCUT2D eigenvalue weighted by atomic mass is 16.5. The number of amides is 1. The van der Waals surface area contributed by atoms with E-state index < -0.39 is 18.2 Å². The molecule has 1 amide bonds. The zero-order chi connectivity index (χ0) is 43.1. The van der Waals surface area contributed by atoms with Gasteiger partial charge in [0.05, 0.1) is 25.2 Å². The Morgan fingerprint density at radius 1 is 0.492 bits per heavy atom. The Hall–Kier alpha value is -1.92. The van der Waals surface area contributed by atoms with Gasteiger partial charge in [-0.1, -0.05) is 224 Å².